The van der Waals surface area contributed by atoms with Gasteiger partial charge in [-0.05, 0) is 32.1 Å². The third kappa shape index (κ3) is 2.52. The van der Waals surface area contributed by atoms with Crippen LogP contribution in [0.2, 0.25) is 0 Å². The maximum absolute atomic E-state index is 12.9. The highest BCUT2D eigenvalue weighted by atomic mass is 32.2. The van der Waals surface area contributed by atoms with Crippen molar-refractivity contribution in [2.75, 3.05) is 5.75 Å². The highest BCUT2D eigenvalue weighted by Crippen LogP contribution is 2.46. The van der Waals surface area contributed by atoms with Gasteiger partial charge in [0.2, 0.25) is 10.0 Å². The second-order valence-electron chi connectivity index (χ2n) is 7.02. The van der Waals surface area contributed by atoms with Crippen LogP contribution < -0.4 is 0 Å². The molecule has 22 heavy (non-hydrogen) atoms. The Morgan fingerprint density at radius 2 is 1.95 bits per heavy atom. The quantitative estimate of drug-likeness (QED) is 0.848. The molecule has 0 aromatic carbocycles. The Morgan fingerprint density at radius 3 is 2.50 bits per heavy atom. The first-order valence-electron chi connectivity index (χ1n) is 8.04. The van der Waals surface area contributed by atoms with Gasteiger partial charge in [0.25, 0.3) is 0 Å². The van der Waals surface area contributed by atoms with Crippen LogP contribution in [-0.4, -0.2) is 41.6 Å². The van der Waals surface area contributed by atoms with Crippen LogP contribution in [0.1, 0.15) is 51.4 Å². The lowest BCUT2D eigenvalue weighted by Crippen LogP contribution is -2.43. The highest BCUT2D eigenvalue weighted by molar-refractivity contribution is 7.89. The molecule has 3 rings (SSSR count). The molecule has 3 atom stereocenters. The topological polar surface area (TPSA) is 98.5 Å². The van der Waals surface area contributed by atoms with Crippen molar-refractivity contribution < 1.29 is 18.3 Å². The van der Waals surface area contributed by atoms with Gasteiger partial charge in [0, 0.05) is 12.1 Å². The molecule has 0 amide bonds. The molecule has 3 fully saturated rings. The zero-order chi connectivity index (χ0) is 16.0. The van der Waals surface area contributed by atoms with Crippen LogP contribution in [0.15, 0.2) is 0 Å². The molecule has 1 aliphatic carbocycles. The molecule has 1 saturated carbocycles. The first kappa shape index (κ1) is 15.8. The maximum Gasteiger partial charge on any atom is 0.308 e. The van der Waals surface area contributed by atoms with Crippen LogP contribution in [0.4, 0.5) is 0 Å². The van der Waals surface area contributed by atoms with Gasteiger partial charge >= 0.3 is 5.97 Å². The molecule has 0 aromatic rings. The Kier molecular flexibility index (Phi) is 3.94. The van der Waals surface area contributed by atoms with Gasteiger partial charge in [-0.15, -0.1) is 0 Å². The Balaban J connectivity index is 1.82. The second-order valence-corrected chi connectivity index (χ2v) is 8.89. The highest BCUT2D eigenvalue weighted by Gasteiger charge is 2.55. The molecule has 2 aliphatic heterocycles. The van der Waals surface area contributed by atoms with E-state index >= 15 is 0 Å². The molecule has 2 saturated heterocycles. The van der Waals surface area contributed by atoms with Gasteiger partial charge in [-0.1, -0.05) is 19.3 Å². The fraction of sp³-hybridized carbons (Fsp3) is 0.867. The largest absolute Gasteiger partial charge is 0.481 e. The molecule has 0 radical (unpaired) electrons. The summed E-state index contributed by atoms with van der Waals surface area (Å²) in [4.78, 5) is 11.3. The summed E-state index contributed by atoms with van der Waals surface area (Å²) in [7, 11) is -3.58. The molecule has 3 aliphatic rings. The Bertz CT molecular complexity index is 604. The van der Waals surface area contributed by atoms with E-state index in [0.717, 1.165) is 25.7 Å². The lowest BCUT2D eigenvalue weighted by atomic mass is 9.77. The van der Waals surface area contributed by atoms with Crippen LogP contribution in [0.5, 0.6) is 0 Å². The van der Waals surface area contributed by atoms with Crippen molar-refractivity contribution in [3.05, 3.63) is 0 Å². The van der Waals surface area contributed by atoms with Crippen molar-refractivity contribution in [3.63, 3.8) is 0 Å². The van der Waals surface area contributed by atoms with E-state index in [4.69, 9.17) is 0 Å². The summed E-state index contributed by atoms with van der Waals surface area (Å²) in [6.07, 6.45) is 5.90. The van der Waals surface area contributed by atoms with E-state index in [-0.39, 0.29) is 11.8 Å². The summed E-state index contributed by atoms with van der Waals surface area (Å²) in [6.45, 7) is 0. The van der Waals surface area contributed by atoms with Crippen LogP contribution in [0.25, 0.3) is 0 Å². The summed E-state index contributed by atoms with van der Waals surface area (Å²) < 4.78 is 27.2. The molecule has 122 valence electrons. The SMILES string of the molecule is N#CC1(CS(=O)(=O)N2C3CCC2C(C(=O)O)C3)CCCCC1. The molecule has 3 unspecified atom stereocenters. The molecule has 7 heteroatoms. The van der Waals surface area contributed by atoms with Crippen LogP contribution >= 0.6 is 0 Å². The van der Waals surface area contributed by atoms with Gasteiger partial charge in [0.15, 0.2) is 0 Å². The molecular weight excluding hydrogens is 304 g/mol. The summed E-state index contributed by atoms with van der Waals surface area (Å²) in [5, 5.41) is 18.8. The number of aliphatic carboxylic acids is 1. The predicted molar refractivity (Wildman–Crippen MR) is 79.3 cm³/mol. The molecule has 2 heterocycles. The number of rotatable bonds is 4. The molecule has 1 N–H and O–H groups in total. The number of fused-ring (bicyclic) bond motifs is 2. The molecule has 2 bridgehead atoms. The van der Waals surface area contributed by atoms with Crippen molar-refractivity contribution in [1.82, 2.24) is 4.31 Å². The lowest BCUT2D eigenvalue weighted by Gasteiger charge is -2.33. The van der Waals surface area contributed by atoms with E-state index in [1.54, 1.807) is 0 Å². The fourth-order valence-electron chi connectivity index (χ4n) is 4.58. The minimum atomic E-state index is -3.58. The Labute approximate surface area is 131 Å². The Morgan fingerprint density at radius 1 is 1.27 bits per heavy atom. The zero-order valence-electron chi connectivity index (χ0n) is 12.6. The average molecular weight is 326 g/mol. The minimum Gasteiger partial charge on any atom is -0.481 e. The van der Waals surface area contributed by atoms with Gasteiger partial charge in [-0.3, -0.25) is 4.79 Å². The van der Waals surface area contributed by atoms with Gasteiger partial charge in [0.05, 0.1) is 23.2 Å². The number of carboxylic acids is 1. The predicted octanol–water partition coefficient (Wildman–Crippen LogP) is 1.73. The number of hydrogen-bond acceptors (Lipinski definition) is 4. The van der Waals surface area contributed by atoms with Crippen molar-refractivity contribution in [3.8, 4) is 6.07 Å². The number of sulfonamides is 1. The zero-order valence-corrected chi connectivity index (χ0v) is 13.4. The molecular formula is C15H22N2O4S. The summed E-state index contributed by atoms with van der Waals surface area (Å²) in [5.74, 6) is -1.63. The van der Waals surface area contributed by atoms with Crippen LogP contribution in [0, 0.1) is 22.7 Å². The van der Waals surface area contributed by atoms with Gasteiger partial charge in [-0.2, -0.15) is 9.57 Å². The molecule has 0 spiro atoms. The van der Waals surface area contributed by atoms with Crippen LogP contribution in [0.3, 0.4) is 0 Å². The molecule has 6 nitrogen and oxygen atoms in total. The van der Waals surface area contributed by atoms with E-state index in [1.165, 1.54) is 4.31 Å². The van der Waals surface area contributed by atoms with E-state index < -0.39 is 33.4 Å². The van der Waals surface area contributed by atoms with Crippen molar-refractivity contribution in [2.45, 2.75) is 63.5 Å². The number of carboxylic acid groups (broad SMARTS) is 1. The monoisotopic (exact) mass is 326 g/mol. The first-order valence-corrected chi connectivity index (χ1v) is 9.65. The van der Waals surface area contributed by atoms with E-state index in [9.17, 15) is 23.6 Å². The van der Waals surface area contributed by atoms with Gasteiger partial charge in [0.1, 0.15) is 0 Å². The molecule has 0 aromatic heterocycles. The Hall–Kier alpha value is -1.13. The minimum absolute atomic E-state index is 0.143. The number of hydrogen-bond donors (Lipinski definition) is 1. The summed E-state index contributed by atoms with van der Waals surface area (Å²) in [6, 6.07) is 1.66. The van der Waals surface area contributed by atoms with E-state index in [0.29, 0.717) is 25.7 Å². The number of nitriles is 1. The summed E-state index contributed by atoms with van der Waals surface area (Å²) in [5.41, 5.74) is -0.780. The van der Waals surface area contributed by atoms with Gasteiger partial charge in [-0.25, -0.2) is 8.42 Å². The third-order valence-electron chi connectivity index (χ3n) is 5.62. The van der Waals surface area contributed by atoms with E-state index in [2.05, 4.69) is 6.07 Å². The van der Waals surface area contributed by atoms with Crippen molar-refractivity contribution >= 4 is 16.0 Å². The number of nitrogens with zero attached hydrogens (tertiary/aromatic N) is 2. The number of carbonyl (C=O) groups is 1. The van der Waals surface area contributed by atoms with Crippen molar-refractivity contribution in [2.24, 2.45) is 11.3 Å². The standard InChI is InChI=1S/C15H22N2O4S/c16-9-15(6-2-1-3-7-15)10-22(20,21)17-11-4-5-13(17)12(8-11)14(18)19/h11-13H,1-8,10H2,(H,18,19). The third-order valence-corrected chi connectivity index (χ3v) is 7.75. The van der Waals surface area contributed by atoms with E-state index in [1.807, 2.05) is 0 Å². The normalized spacial score (nSPS) is 34.4. The van der Waals surface area contributed by atoms with Gasteiger partial charge < -0.3 is 5.11 Å². The van der Waals surface area contributed by atoms with Crippen LogP contribution in [-0.2, 0) is 14.8 Å². The second kappa shape index (κ2) is 5.50. The average Bonchev–Trinajstić information content (AvgIpc) is 3.06. The maximum atomic E-state index is 12.9. The summed E-state index contributed by atoms with van der Waals surface area (Å²) >= 11 is 0. The first-order chi connectivity index (χ1) is 10.4. The fourth-order valence-corrected chi connectivity index (χ4v) is 7.09. The van der Waals surface area contributed by atoms with Crippen molar-refractivity contribution in [1.29, 1.82) is 5.26 Å². The smallest absolute Gasteiger partial charge is 0.308 e. The lowest BCUT2D eigenvalue weighted by molar-refractivity contribution is -0.142.